The molecule has 4 nitrogen and oxygen atoms in total. The van der Waals surface area contributed by atoms with Crippen LogP contribution in [0.2, 0.25) is 0 Å². The Morgan fingerprint density at radius 1 is 1.33 bits per heavy atom. The van der Waals surface area contributed by atoms with Gasteiger partial charge in [0, 0.05) is 23.6 Å². The molecule has 1 aromatic carbocycles. The summed E-state index contributed by atoms with van der Waals surface area (Å²) in [6.45, 7) is 7.14. The van der Waals surface area contributed by atoms with Crippen molar-refractivity contribution in [1.29, 1.82) is 0 Å². The third kappa shape index (κ3) is 4.33. The molecule has 0 aliphatic carbocycles. The Bertz CT molecular complexity index is 610. The van der Waals surface area contributed by atoms with Crippen molar-refractivity contribution in [3.8, 4) is 0 Å². The Morgan fingerprint density at radius 2 is 2.05 bits per heavy atom. The number of para-hydroxylation sites is 1. The molecule has 1 atom stereocenters. The number of hydrogen-bond acceptors (Lipinski definition) is 2. The predicted molar refractivity (Wildman–Crippen MR) is 87.1 cm³/mol. The van der Waals surface area contributed by atoms with Crippen molar-refractivity contribution in [2.75, 3.05) is 6.54 Å². The van der Waals surface area contributed by atoms with Gasteiger partial charge >= 0.3 is 0 Å². The average molecular weight is 287 g/mol. The van der Waals surface area contributed by atoms with Gasteiger partial charge in [-0.05, 0) is 29.9 Å². The third-order valence-corrected chi connectivity index (χ3v) is 3.63. The maximum absolute atomic E-state index is 12.0. The molecule has 0 spiro atoms. The van der Waals surface area contributed by atoms with Crippen LogP contribution < -0.4 is 11.1 Å². The van der Waals surface area contributed by atoms with E-state index in [0.717, 1.165) is 22.9 Å². The van der Waals surface area contributed by atoms with Gasteiger partial charge in [-0.1, -0.05) is 39.0 Å². The van der Waals surface area contributed by atoms with E-state index in [1.54, 1.807) is 0 Å². The summed E-state index contributed by atoms with van der Waals surface area (Å²) < 4.78 is 0. The second-order valence-corrected chi connectivity index (χ2v) is 6.77. The van der Waals surface area contributed by atoms with Gasteiger partial charge in [-0.3, -0.25) is 4.79 Å². The number of H-pyrrole nitrogens is 1. The fourth-order valence-electron chi connectivity index (χ4n) is 2.32. The molecule has 1 unspecified atom stereocenters. The number of nitrogens with one attached hydrogen (secondary N) is 2. The summed E-state index contributed by atoms with van der Waals surface area (Å²) in [4.78, 5) is 15.3. The molecule has 0 aliphatic rings. The van der Waals surface area contributed by atoms with Crippen LogP contribution in [0.25, 0.3) is 10.9 Å². The first kappa shape index (κ1) is 15.6. The molecule has 1 aromatic heterocycles. The summed E-state index contributed by atoms with van der Waals surface area (Å²) in [6.07, 6.45) is 3.43. The molecule has 0 bridgehead atoms. The first-order chi connectivity index (χ1) is 9.87. The lowest BCUT2D eigenvalue weighted by Crippen LogP contribution is -2.42. The fraction of sp³-hybridized carbons (Fsp3) is 0.471. The normalized spacial score (nSPS) is 13.3. The highest BCUT2D eigenvalue weighted by molar-refractivity contribution is 5.86. The maximum Gasteiger partial charge on any atom is 0.237 e. The molecule has 21 heavy (non-hydrogen) atoms. The Hall–Kier alpha value is -1.81. The van der Waals surface area contributed by atoms with E-state index in [1.165, 1.54) is 0 Å². The molecule has 1 amide bonds. The van der Waals surface area contributed by atoms with Crippen LogP contribution in [0.4, 0.5) is 0 Å². The van der Waals surface area contributed by atoms with Crippen LogP contribution in [0.3, 0.4) is 0 Å². The van der Waals surface area contributed by atoms with E-state index in [4.69, 9.17) is 5.73 Å². The van der Waals surface area contributed by atoms with Gasteiger partial charge in [0.05, 0.1) is 6.04 Å². The van der Waals surface area contributed by atoms with Gasteiger partial charge in [0.2, 0.25) is 5.91 Å². The minimum Gasteiger partial charge on any atom is -0.361 e. The number of rotatable bonds is 5. The van der Waals surface area contributed by atoms with Crippen molar-refractivity contribution < 1.29 is 4.79 Å². The Labute approximate surface area is 126 Å². The molecule has 0 saturated carbocycles. The summed E-state index contributed by atoms with van der Waals surface area (Å²) in [5, 5.41) is 4.06. The Balaban J connectivity index is 1.92. The number of aromatic amines is 1. The SMILES string of the molecule is CC(C)(C)CCNC(=O)C(N)Cc1c[nH]c2ccccc12. The van der Waals surface area contributed by atoms with Gasteiger partial charge in [0.15, 0.2) is 0 Å². The minimum atomic E-state index is -0.510. The van der Waals surface area contributed by atoms with Gasteiger partial charge in [-0.25, -0.2) is 0 Å². The van der Waals surface area contributed by atoms with E-state index < -0.39 is 6.04 Å². The van der Waals surface area contributed by atoms with E-state index in [1.807, 2.05) is 30.5 Å². The van der Waals surface area contributed by atoms with Gasteiger partial charge < -0.3 is 16.0 Å². The number of amides is 1. The first-order valence-electron chi connectivity index (χ1n) is 7.45. The number of carbonyl (C=O) groups is 1. The number of benzene rings is 1. The lowest BCUT2D eigenvalue weighted by molar-refractivity contribution is -0.122. The van der Waals surface area contributed by atoms with Crippen molar-refractivity contribution in [3.63, 3.8) is 0 Å². The number of carbonyl (C=O) groups excluding carboxylic acids is 1. The number of aromatic nitrogens is 1. The van der Waals surface area contributed by atoms with Crippen molar-refractivity contribution >= 4 is 16.8 Å². The van der Waals surface area contributed by atoms with Gasteiger partial charge in [-0.15, -0.1) is 0 Å². The van der Waals surface area contributed by atoms with Crippen LogP contribution >= 0.6 is 0 Å². The molecule has 0 fully saturated rings. The van der Waals surface area contributed by atoms with E-state index >= 15 is 0 Å². The zero-order valence-corrected chi connectivity index (χ0v) is 13.1. The molecular weight excluding hydrogens is 262 g/mol. The summed E-state index contributed by atoms with van der Waals surface area (Å²) in [7, 11) is 0. The van der Waals surface area contributed by atoms with Crippen molar-refractivity contribution in [3.05, 3.63) is 36.0 Å². The van der Waals surface area contributed by atoms with Gasteiger partial charge in [0.1, 0.15) is 0 Å². The average Bonchev–Trinajstić information content (AvgIpc) is 2.80. The lowest BCUT2D eigenvalue weighted by atomic mass is 9.92. The van der Waals surface area contributed by atoms with E-state index in [2.05, 4.69) is 31.1 Å². The summed E-state index contributed by atoms with van der Waals surface area (Å²) >= 11 is 0. The second kappa shape index (κ2) is 6.31. The molecule has 114 valence electrons. The number of hydrogen-bond donors (Lipinski definition) is 3. The Morgan fingerprint density at radius 3 is 2.76 bits per heavy atom. The lowest BCUT2D eigenvalue weighted by Gasteiger charge is -2.19. The summed E-state index contributed by atoms with van der Waals surface area (Å²) in [6, 6.07) is 7.54. The second-order valence-electron chi connectivity index (χ2n) is 6.77. The molecule has 2 rings (SSSR count). The monoisotopic (exact) mass is 287 g/mol. The summed E-state index contributed by atoms with van der Waals surface area (Å²) in [5.41, 5.74) is 8.40. The van der Waals surface area contributed by atoms with E-state index in [-0.39, 0.29) is 11.3 Å². The topological polar surface area (TPSA) is 70.9 Å². The highest BCUT2D eigenvalue weighted by Gasteiger charge is 2.17. The smallest absolute Gasteiger partial charge is 0.237 e. The molecule has 1 heterocycles. The van der Waals surface area contributed by atoms with Crippen LogP contribution in [0.15, 0.2) is 30.5 Å². The van der Waals surface area contributed by atoms with Crippen LogP contribution in [-0.2, 0) is 11.2 Å². The van der Waals surface area contributed by atoms with Crippen LogP contribution in [0.5, 0.6) is 0 Å². The molecular formula is C17H25N3O. The standard InChI is InChI=1S/C17H25N3O/c1-17(2,3)8-9-19-16(21)14(18)10-12-11-20-15-7-5-4-6-13(12)15/h4-7,11,14,20H,8-10,18H2,1-3H3,(H,19,21). The minimum absolute atomic E-state index is 0.0791. The number of fused-ring (bicyclic) bond motifs is 1. The van der Waals surface area contributed by atoms with Crippen LogP contribution in [0, 0.1) is 5.41 Å². The van der Waals surface area contributed by atoms with Gasteiger partial charge in [-0.2, -0.15) is 0 Å². The number of nitrogens with two attached hydrogens (primary N) is 1. The van der Waals surface area contributed by atoms with E-state index in [0.29, 0.717) is 13.0 Å². The highest BCUT2D eigenvalue weighted by Crippen LogP contribution is 2.19. The third-order valence-electron chi connectivity index (χ3n) is 3.63. The molecule has 2 aromatic rings. The highest BCUT2D eigenvalue weighted by atomic mass is 16.2. The van der Waals surface area contributed by atoms with E-state index in [9.17, 15) is 4.79 Å². The van der Waals surface area contributed by atoms with Crippen molar-refractivity contribution in [1.82, 2.24) is 10.3 Å². The quantitative estimate of drug-likeness (QED) is 0.791. The maximum atomic E-state index is 12.0. The summed E-state index contributed by atoms with van der Waals surface area (Å²) in [5.74, 6) is -0.0791. The largest absolute Gasteiger partial charge is 0.361 e. The Kier molecular flexibility index (Phi) is 4.68. The molecule has 4 heteroatoms. The van der Waals surface area contributed by atoms with Crippen molar-refractivity contribution in [2.45, 2.75) is 39.7 Å². The van der Waals surface area contributed by atoms with Crippen LogP contribution in [0.1, 0.15) is 32.8 Å². The molecule has 0 aliphatic heterocycles. The zero-order chi connectivity index (χ0) is 15.5. The molecule has 0 saturated heterocycles. The van der Waals surface area contributed by atoms with Crippen molar-refractivity contribution in [2.24, 2.45) is 11.1 Å². The van der Waals surface area contributed by atoms with Gasteiger partial charge in [0.25, 0.3) is 0 Å². The fourth-order valence-corrected chi connectivity index (χ4v) is 2.32. The zero-order valence-electron chi connectivity index (χ0n) is 13.1. The van der Waals surface area contributed by atoms with Crippen LogP contribution in [-0.4, -0.2) is 23.5 Å². The molecule has 4 N–H and O–H groups in total. The first-order valence-corrected chi connectivity index (χ1v) is 7.45. The molecule has 0 radical (unpaired) electrons. The predicted octanol–water partition coefficient (Wildman–Crippen LogP) is 2.59.